The second-order valence-corrected chi connectivity index (χ2v) is 4.83. The molecule has 0 aliphatic heterocycles. The average molecular weight is 249 g/mol. The van der Waals surface area contributed by atoms with Crippen molar-refractivity contribution in [2.75, 3.05) is 0 Å². The molecule has 0 spiro atoms. The van der Waals surface area contributed by atoms with Crippen LogP contribution in [-0.2, 0) is 6.54 Å². The third-order valence-corrected chi connectivity index (χ3v) is 3.03. The highest BCUT2D eigenvalue weighted by molar-refractivity contribution is 5.74. The van der Waals surface area contributed by atoms with E-state index in [9.17, 15) is 4.79 Å². The van der Waals surface area contributed by atoms with E-state index in [1.165, 1.54) is 0 Å². The summed E-state index contributed by atoms with van der Waals surface area (Å²) in [7, 11) is 0. The van der Waals surface area contributed by atoms with Crippen LogP contribution in [0.25, 0.3) is 0 Å². The first-order valence-electron chi connectivity index (χ1n) is 6.55. The van der Waals surface area contributed by atoms with Gasteiger partial charge in [0.2, 0.25) is 0 Å². The van der Waals surface area contributed by atoms with Crippen LogP contribution in [0, 0.1) is 5.92 Å². The van der Waals surface area contributed by atoms with Crippen LogP contribution in [0.1, 0.15) is 39.2 Å². The summed E-state index contributed by atoms with van der Waals surface area (Å²) in [6.07, 6.45) is 5.60. The third-order valence-electron chi connectivity index (χ3n) is 3.03. The van der Waals surface area contributed by atoms with Gasteiger partial charge in [0, 0.05) is 25.0 Å². The van der Waals surface area contributed by atoms with Crippen molar-refractivity contribution in [3.63, 3.8) is 0 Å². The van der Waals surface area contributed by atoms with Crippen LogP contribution in [0.15, 0.2) is 24.5 Å². The molecule has 1 aromatic rings. The van der Waals surface area contributed by atoms with Gasteiger partial charge in [-0.3, -0.25) is 4.98 Å². The molecule has 2 N–H and O–H groups in total. The van der Waals surface area contributed by atoms with Gasteiger partial charge in [-0.05, 0) is 37.0 Å². The Labute approximate surface area is 109 Å². The number of pyridine rings is 1. The minimum Gasteiger partial charge on any atom is -0.336 e. The molecular formula is C14H23N3O. The minimum atomic E-state index is -0.109. The van der Waals surface area contributed by atoms with Crippen molar-refractivity contribution >= 4 is 6.03 Å². The fourth-order valence-corrected chi connectivity index (χ4v) is 1.79. The predicted molar refractivity (Wildman–Crippen MR) is 73.1 cm³/mol. The first-order chi connectivity index (χ1) is 8.61. The van der Waals surface area contributed by atoms with Crippen molar-refractivity contribution < 1.29 is 4.79 Å². The highest BCUT2D eigenvalue weighted by atomic mass is 16.2. The van der Waals surface area contributed by atoms with Gasteiger partial charge >= 0.3 is 6.03 Å². The van der Waals surface area contributed by atoms with E-state index < -0.39 is 0 Å². The molecule has 0 radical (unpaired) electrons. The average Bonchev–Trinajstić information content (AvgIpc) is 2.37. The van der Waals surface area contributed by atoms with Crippen LogP contribution in [0.3, 0.4) is 0 Å². The van der Waals surface area contributed by atoms with E-state index in [4.69, 9.17) is 0 Å². The molecule has 1 rings (SSSR count). The molecule has 2 amide bonds. The van der Waals surface area contributed by atoms with Gasteiger partial charge in [-0.15, -0.1) is 0 Å². The number of nitrogens with zero attached hydrogens (tertiary/aromatic N) is 1. The lowest BCUT2D eigenvalue weighted by atomic mass is 10.0. The van der Waals surface area contributed by atoms with E-state index in [-0.39, 0.29) is 12.1 Å². The number of rotatable bonds is 6. The van der Waals surface area contributed by atoms with Gasteiger partial charge in [0.15, 0.2) is 0 Å². The van der Waals surface area contributed by atoms with Crippen molar-refractivity contribution in [3.8, 4) is 0 Å². The monoisotopic (exact) mass is 249 g/mol. The molecule has 1 heterocycles. The van der Waals surface area contributed by atoms with Crippen LogP contribution in [-0.4, -0.2) is 17.1 Å². The van der Waals surface area contributed by atoms with Crippen molar-refractivity contribution in [2.24, 2.45) is 5.92 Å². The van der Waals surface area contributed by atoms with Gasteiger partial charge in [0.05, 0.1) is 0 Å². The Morgan fingerprint density at radius 3 is 2.61 bits per heavy atom. The molecule has 2 atom stereocenters. The summed E-state index contributed by atoms with van der Waals surface area (Å²) >= 11 is 0. The van der Waals surface area contributed by atoms with E-state index in [2.05, 4.69) is 29.5 Å². The quantitative estimate of drug-likeness (QED) is 0.814. The topological polar surface area (TPSA) is 54.0 Å². The van der Waals surface area contributed by atoms with Crippen LogP contribution < -0.4 is 10.6 Å². The number of hydrogen-bond donors (Lipinski definition) is 2. The molecule has 0 bridgehead atoms. The Morgan fingerprint density at radius 1 is 1.33 bits per heavy atom. The molecule has 100 valence electrons. The molecule has 0 saturated heterocycles. The minimum absolute atomic E-state index is 0.109. The van der Waals surface area contributed by atoms with Crippen molar-refractivity contribution in [1.29, 1.82) is 0 Å². The van der Waals surface area contributed by atoms with E-state index in [1.807, 2.05) is 19.1 Å². The van der Waals surface area contributed by atoms with E-state index in [0.717, 1.165) is 18.4 Å². The second-order valence-electron chi connectivity index (χ2n) is 4.83. The SMILES string of the molecule is CCC(C)CC(C)NC(=O)NCc1ccncc1. The zero-order valence-electron chi connectivity index (χ0n) is 11.4. The Balaban J connectivity index is 2.25. The standard InChI is InChI=1S/C14H23N3O/c1-4-11(2)9-12(3)17-14(18)16-10-13-5-7-15-8-6-13/h5-8,11-12H,4,9-10H2,1-3H3,(H2,16,17,18). The number of carbonyl (C=O) groups is 1. The number of carbonyl (C=O) groups excluding carboxylic acids is 1. The molecule has 0 aliphatic carbocycles. The van der Waals surface area contributed by atoms with E-state index in [0.29, 0.717) is 12.5 Å². The Bertz CT molecular complexity index is 353. The lowest BCUT2D eigenvalue weighted by molar-refractivity contribution is 0.235. The molecule has 0 saturated carbocycles. The Kier molecular flexibility index (Phi) is 6.19. The number of nitrogens with one attached hydrogen (secondary N) is 2. The van der Waals surface area contributed by atoms with Gasteiger partial charge in [0.25, 0.3) is 0 Å². The summed E-state index contributed by atoms with van der Waals surface area (Å²) < 4.78 is 0. The van der Waals surface area contributed by atoms with Crippen molar-refractivity contribution in [2.45, 2.75) is 46.2 Å². The fourth-order valence-electron chi connectivity index (χ4n) is 1.79. The van der Waals surface area contributed by atoms with Crippen LogP contribution in [0.5, 0.6) is 0 Å². The molecule has 4 nitrogen and oxygen atoms in total. The molecule has 18 heavy (non-hydrogen) atoms. The summed E-state index contributed by atoms with van der Waals surface area (Å²) in [6, 6.07) is 3.88. The zero-order valence-corrected chi connectivity index (χ0v) is 11.4. The maximum absolute atomic E-state index is 11.7. The molecule has 0 aliphatic rings. The summed E-state index contributed by atoms with van der Waals surface area (Å²) in [5.74, 6) is 0.639. The lowest BCUT2D eigenvalue weighted by Crippen LogP contribution is -2.41. The van der Waals surface area contributed by atoms with Crippen molar-refractivity contribution in [3.05, 3.63) is 30.1 Å². The molecular weight excluding hydrogens is 226 g/mol. The van der Waals surface area contributed by atoms with Gasteiger partial charge in [-0.1, -0.05) is 20.3 Å². The van der Waals surface area contributed by atoms with Gasteiger partial charge in [-0.2, -0.15) is 0 Å². The highest BCUT2D eigenvalue weighted by Gasteiger charge is 2.09. The van der Waals surface area contributed by atoms with Crippen LogP contribution in [0.4, 0.5) is 4.79 Å². The molecule has 4 heteroatoms. The molecule has 1 aromatic heterocycles. The molecule has 0 aromatic carbocycles. The smallest absolute Gasteiger partial charge is 0.315 e. The third kappa shape index (κ3) is 5.66. The summed E-state index contributed by atoms with van der Waals surface area (Å²) in [4.78, 5) is 15.6. The number of amides is 2. The summed E-state index contributed by atoms with van der Waals surface area (Å²) in [5, 5.41) is 5.79. The molecule has 2 unspecified atom stereocenters. The van der Waals surface area contributed by atoms with E-state index in [1.54, 1.807) is 12.4 Å². The maximum atomic E-state index is 11.7. The Hall–Kier alpha value is -1.58. The summed E-state index contributed by atoms with van der Waals surface area (Å²) in [6.45, 7) is 6.94. The lowest BCUT2D eigenvalue weighted by Gasteiger charge is -2.17. The zero-order chi connectivity index (χ0) is 13.4. The first-order valence-corrected chi connectivity index (χ1v) is 6.55. The van der Waals surface area contributed by atoms with Gasteiger partial charge in [-0.25, -0.2) is 4.79 Å². The second kappa shape index (κ2) is 7.69. The normalized spacial score (nSPS) is 13.7. The Morgan fingerprint density at radius 2 is 2.00 bits per heavy atom. The summed E-state index contributed by atoms with van der Waals surface area (Å²) in [5.41, 5.74) is 1.05. The van der Waals surface area contributed by atoms with Crippen LogP contribution >= 0.6 is 0 Å². The number of urea groups is 1. The number of hydrogen-bond acceptors (Lipinski definition) is 2. The van der Waals surface area contributed by atoms with E-state index >= 15 is 0 Å². The van der Waals surface area contributed by atoms with Gasteiger partial charge < -0.3 is 10.6 Å². The fraction of sp³-hybridized carbons (Fsp3) is 0.571. The van der Waals surface area contributed by atoms with Crippen molar-refractivity contribution in [1.82, 2.24) is 15.6 Å². The number of aromatic nitrogens is 1. The largest absolute Gasteiger partial charge is 0.336 e. The highest BCUT2D eigenvalue weighted by Crippen LogP contribution is 2.09. The van der Waals surface area contributed by atoms with Crippen LogP contribution in [0.2, 0.25) is 0 Å². The van der Waals surface area contributed by atoms with Gasteiger partial charge in [0.1, 0.15) is 0 Å². The predicted octanol–water partition coefficient (Wildman–Crippen LogP) is 2.71. The molecule has 0 fully saturated rings. The maximum Gasteiger partial charge on any atom is 0.315 e. The first kappa shape index (κ1) is 14.5.